The quantitative estimate of drug-likeness (QED) is 0.384. The molecule has 0 unspecified atom stereocenters. The molecule has 0 radical (unpaired) electrons. The Morgan fingerprint density at radius 1 is 1.14 bits per heavy atom. The Kier molecular flexibility index (Phi) is 5.78. The number of nitrogens with zero attached hydrogens (tertiary/aromatic N) is 5. The standard InChI is InChI=1S/C27H26F3N5O2/c1-17(36)33-11-7-24-22(15-33)25(32-35(24)20-8-12-37-13-9-20)21-6-3-10-34-16-23(31-26(21)34)18-4-2-5-19(14-18)27(28,29)30/h2-6,10,14,16,20H,7-9,11-13,15H2,1H3. The highest BCUT2D eigenvalue weighted by atomic mass is 19.4. The molecule has 0 N–H and O–H groups in total. The Bertz CT molecular complexity index is 1480. The van der Waals surface area contributed by atoms with Gasteiger partial charge in [0, 0.05) is 74.4 Å². The summed E-state index contributed by atoms with van der Waals surface area (Å²) in [4.78, 5) is 18.8. The number of hydrogen-bond acceptors (Lipinski definition) is 4. The second-order valence-electron chi connectivity index (χ2n) is 9.61. The largest absolute Gasteiger partial charge is 0.416 e. The molecule has 1 aromatic carbocycles. The summed E-state index contributed by atoms with van der Waals surface area (Å²) in [6.07, 6.45) is 1.59. The minimum atomic E-state index is -4.43. The van der Waals surface area contributed by atoms with E-state index < -0.39 is 11.7 Å². The number of hydrogen-bond donors (Lipinski definition) is 0. The van der Waals surface area contributed by atoms with E-state index >= 15 is 0 Å². The van der Waals surface area contributed by atoms with Crippen molar-refractivity contribution in [3.05, 3.63) is 65.6 Å². The molecule has 6 rings (SSSR count). The number of pyridine rings is 1. The van der Waals surface area contributed by atoms with Gasteiger partial charge < -0.3 is 14.0 Å². The minimum Gasteiger partial charge on any atom is -0.381 e. The molecule has 2 aliphatic rings. The lowest BCUT2D eigenvalue weighted by atomic mass is 10.0. The van der Waals surface area contributed by atoms with Crippen LogP contribution in [0.15, 0.2) is 48.8 Å². The molecule has 4 aromatic rings. The molecule has 0 saturated carbocycles. The number of fused-ring (bicyclic) bond motifs is 2. The summed E-state index contributed by atoms with van der Waals surface area (Å²) in [5, 5.41) is 5.08. The van der Waals surface area contributed by atoms with E-state index in [1.807, 2.05) is 27.6 Å². The summed E-state index contributed by atoms with van der Waals surface area (Å²) in [5.74, 6) is 0.0151. The molecule has 1 saturated heterocycles. The van der Waals surface area contributed by atoms with Gasteiger partial charge in [-0.15, -0.1) is 0 Å². The van der Waals surface area contributed by atoms with Gasteiger partial charge in [0.05, 0.1) is 17.3 Å². The van der Waals surface area contributed by atoms with Crippen molar-refractivity contribution in [1.82, 2.24) is 24.1 Å². The predicted octanol–water partition coefficient (Wildman–Crippen LogP) is 5.14. The molecule has 1 amide bonds. The second kappa shape index (κ2) is 9.02. The highest BCUT2D eigenvalue weighted by Crippen LogP contribution is 2.37. The fourth-order valence-electron chi connectivity index (χ4n) is 5.35. The first-order valence-electron chi connectivity index (χ1n) is 12.4. The van der Waals surface area contributed by atoms with Gasteiger partial charge in [-0.05, 0) is 37.1 Å². The van der Waals surface area contributed by atoms with Gasteiger partial charge in [0.25, 0.3) is 0 Å². The normalized spacial score (nSPS) is 16.8. The maximum absolute atomic E-state index is 13.3. The molecular weight excluding hydrogens is 483 g/mol. The molecule has 0 atom stereocenters. The second-order valence-corrected chi connectivity index (χ2v) is 9.61. The van der Waals surface area contributed by atoms with Gasteiger partial charge in [-0.2, -0.15) is 18.3 Å². The van der Waals surface area contributed by atoms with E-state index in [0.29, 0.717) is 49.6 Å². The van der Waals surface area contributed by atoms with Crippen LogP contribution in [0.1, 0.15) is 42.6 Å². The van der Waals surface area contributed by atoms with E-state index in [2.05, 4.69) is 4.68 Å². The van der Waals surface area contributed by atoms with Crippen molar-refractivity contribution in [2.45, 2.75) is 44.9 Å². The Morgan fingerprint density at radius 2 is 1.95 bits per heavy atom. The Hall–Kier alpha value is -3.66. The molecule has 0 spiro atoms. The Labute approximate surface area is 211 Å². The van der Waals surface area contributed by atoms with E-state index in [1.165, 1.54) is 6.07 Å². The van der Waals surface area contributed by atoms with Crippen molar-refractivity contribution in [1.29, 1.82) is 0 Å². The first kappa shape index (κ1) is 23.7. The van der Waals surface area contributed by atoms with Crippen LogP contribution in [0.25, 0.3) is 28.2 Å². The number of benzene rings is 1. The fraction of sp³-hybridized carbons (Fsp3) is 0.370. The topological polar surface area (TPSA) is 64.7 Å². The van der Waals surface area contributed by atoms with Gasteiger partial charge in [0.15, 0.2) is 0 Å². The van der Waals surface area contributed by atoms with Crippen LogP contribution >= 0.6 is 0 Å². The SMILES string of the molecule is CC(=O)N1CCc2c(c(-c3cccn4cc(-c5cccc(C(F)(F)F)c5)nc34)nn2C2CCOCC2)C1. The maximum Gasteiger partial charge on any atom is 0.416 e. The van der Waals surface area contributed by atoms with Crippen LogP contribution in [0.3, 0.4) is 0 Å². The van der Waals surface area contributed by atoms with Gasteiger partial charge in [-0.25, -0.2) is 4.98 Å². The van der Waals surface area contributed by atoms with Crippen LogP contribution < -0.4 is 0 Å². The summed E-state index contributed by atoms with van der Waals surface area (Å²) in [7, 11) is 0. The zero-order valence-electron chi connectivity index (χ0n) is 20.3. The third-order valence-corrected chi connectivity index (χ3v) is 7.29. The zero-order valence-corrected chi connectivity index (χ0v) is 20.3. The first-order chi connectivity index (χ1) is 17.8. The third kappa shape index (κ3) is 4.29. The number of carbonyl (C=O) groups excluding carboxylic acids is 1. The van der Waals surface area contributed by atoms with E-state index in [4.69, 9.17) is 14.8 Å². The number of alkyl halides is 3. The fourth-order valence-corrected chi connectivity index (χ4v) is 5.35. The average Bonchev–Trinajstić information content (AvgIpc) is 3.50. The molecule has 1 fully saturated rings. The maximum atomic E-state index is 13.3. The number of aromatic nitrogens is 4. The van der Waals surface area contributed by atoms with Crippen molar-refractivity contribution < 1.29 is 22.7 Å². The van der Waals surface area contributed by atoms with Gasteiger partial charge in [-0.3, -0.25) is 9.48 Å². The Morgan fingerprint density at radius 3 is 2.70 bits per heavy atom. The lowest BCUT2D eigenvalue weighted by Gasteiger charge is -2.29. The monoisotopic (exact) mass is 509 g/mol. The summed E-state index contributed by atoms with van der Waals surface area (Å²) >= 11 is 0. The average molecular weight is 510 g/mol. The van der Waals surface area contributed by atoms with E-state index in [0.717, 1.165) is 47.5 Å². The van der Waals surface area contributed by atoms with Gasteiger partial charge >= 0.3 is 6.18 Å². The van der Waals surface area contributed by atoms with Crippen LogP contribution in [-0.4, -0.2) is 49.7 Å². The zero-order chi connectivity index (χ0) is 25.7. The van der Waals surface area contributed by atoms with Crippen LogP contribution in [0.5, 0.6) is 0 Å². The van der Waals surface area contributed by atoms with Crippen molar-refractivity contribution >= 4 is 11.6 Å². The number of imidazole rings is 1. The first-order valence-corrected chi connectivity index (χ1v) is 12.4. The summed E-state index contributed by atoms with van der Waals surface area (Å²) in [6.45, 7) is 4.05. The van der Waals surface area contributed by atoms with Crippen molar-refractivity contribution in [2.75, 3.05) is 19.8 Å². The van der Waals surface area contributed by atoms with E-state index in [1.54, 1.807) is 19.2 Å². The lowest BCUT2D eigenvalue weighted by molar-refractivity contribution is -0.137. The summed E-state index contributed by atoms with van der Waals surface area (Å²) < 4.78 is 49.4. The molecule has 192 valence electrons. The number of amides is 1. The molecule has 5 heterocycles. The van der Waals surface area contributed by atoms with Crippen LogP contribution in [0.2, 0.25) is 0 Å². The van der Waals surface area contributed by atoms with Crippen LogP contribution in [0.4, 0.5) is 13.2 Å². The molecule has 37 heavy (non-hydrogen) atoms. The highest BCUT2D eigenvalue weighted by molar-refractivity contribution is 5.81. The molecule has 0 aliphatic carbocycles. The smallest absolute Gasteiger partial charge is 0.381 e. The van der Waals surface area contributed by atoms with Gasteiger partial charge in [0.2, 0.25) is 5.91 Å². The Balaban J connectivity index is 1.48. The highest BCUT2D eigenvalue weighted by Gasteiger charge is 2.32. The summed E-state index contributed by atoms with van der Waals surface area (Å²) in [5.41, 5.74) is 4.41. The van der Waals surface area contributed by atoms with E-state index in [9.17, 15) is 18.0 Å². The minimum absolute atomic E-state index is 0.0151. The van der Waals surface area contributed by atoms with Gasteiger partial charge in [-0.1, -0.05) is 12.1 Å². The summed E-state index contributed by atoms with van der Waals surface area (Å²) in [6, 6.07) is 9.23. The van der Waals surface area contributed by atoms with Crippen molar-refractivity contribution in [3.63, 3.8) is 0 Å². The predicted molar refractivity (Wildman–Crippen MR) is 131 cm³/mol. The van der Waals surface area contributed by atoms with Crippen LogP contribution in [-0.2, 0) is 28.7 Å². The number of carbonyl (C=O) groups is 1. The van der Waals surface area contributed by atoms with Crippen LogP contribution in [0, 0.1) is 0 Å². The molecule has 0 bridgehead atoms. The number of halogens is 3. The molecule has 2 aliphatic heterocycles. The van der Waals surface area contributed by atoms with E-state index in [-0.39, 0.29) is 11.9 Å². The number of ether oxygens (including phenoxy) is 1. The third-order valence-electron chi connectivity index (χ3n) is 7.29. The van der Waals surface area contributed by atoms with Gasteiger partial charge in [0.1, 0.15) is 11.3 Å². The molecule has 10 heteroatoms. The molecule has 3 aromatic heterocycles. The number of rotatable bonds is 3. The molecular formula is C27H26F3N5O2. The van der Waals surface area contributed by atoms with Crippen molar-refractivity contribution in [2.24, 2.45) is 0 Å². The van der Waals surface area contributed by atoms with Crippen molar-refractivity contribution in [3.8, 4) is 22.5 Å². The lowest BCUT2D eigenvalue weighted by Crippen LogP contribution is -2.35. The molecule has 7 nitrogen and oxygen atoms in total.